The maximum absolute atomic E-state index is 12.9. The summed E-state index contributed by atoms with van der Waals surface area (Å²) >= 11 is 0. The largest absolute Gasteiger partial charge is 0.334 e. The van der Waals surface area contributed by atoms with Crippen LogP contribution in [-0.2, 0) is 6.54 Å². The van der Waals surface area contributed by atoms with Crippen molar-refractivity contribution in [1.82, 2.24) is 14.9 Å². The summed E-state index contributed by atoms with van der Waals surface area (Å²) in [4.78, 5) is 4.36. The highest BCUT2D eigenvalue weighted by Crippen LogP contribution is 2.20. The molecule has 1 unspecified atom stereocenters. The summed E-state index contributed by atoms with van der Waals surface area (Å²) in [6.07, 6.45) is 3.73. The van der Waals surface area contributed by atoms with E-state index >= 15 is 0 Å². The maximum Gasteiger partial charge on any atom is 0.130 e. The second-order valence-electron chi connectivity index (χ2n) is 3.84. The van der Waals surface area contributed by atoms with Crippen molar-refractivity contribution in [3.8, 4) is 0 Å². The van der Waals surface area contributed by atoms with Gasteiger partial charge in [-0.3, -0.25) is 0 Å². The average molecular weight is 233 g/mol. The van der Waals surface area contributed by atoms with Crippen LogP contribution in [0.25, 0.3) is 0 Å². The van der Waals surface area contributed by atoms with Gasteiger partial charge in [-0.25, -0.2) is 9.37 Å². The van der Waals surface area contributed by atoms with Gasteiger partial charge >= 0.3 is 0 Å². The minimum absolute atomic E-state index is 0.00875. The molecule has 0 aliphatic carbocycles. The fourth-order valence-electron chi connectivity index (χ4n) is 1.95. The van der Waals surface area contributed by atoms with Gasteiger partial charge in [-0.2, -0.15) is 0 Å². The zero-order valence-corrected chi connectivity index (χ0v) is 10.0. The molecule has 90 valence electrons. The minimum Gasteiger partial charge on any atom is -0.334 e. The number of rotatable bonds is 4. The molecule has 1 heterocycles. The van der Waals surface area contributed by atoms with Gasteiger partial charge in [0.15, 0.2) is 0 Å². The summed E-state index contributed by atoms with van der Waals surface area (Å²) in [5.41, 5.74) is 1.01. The van der Waals surface area contributed by atoms with E-state index in [2.05, 4.69) is 21.8 Å². The number of nitrogens with one attached hydrogen (secondary N) is 1. The molecule has 17 heavy (non-hydrogen) atoms. The molecule has 0 amide bonds. The molecule has 1 aromatic carbocycles. The van der Waals surface area contributed by atoms with Crippen LogP contribution in [0.1, 0.15) is 24.4 Å². The van der Waals surface area contributed by atoms with Crippen LogP contribution in [0, 0.1) is 5.82 Å². The predicted octanol–water partition coefficient (Wildman–Crippen LogP) is 2.35. The Morgan fingerprint density at radius 3 is 2.65 bits per heavy atom. The number of aromatic nitrogens is 2. The summed E-state index contributed by atoms with van der Waals surface area (Å²) in [7, 11) is 1.88. The van der Waals surface area contributed by atoms with Crippen LogP contribution in [0.4, 0.5) is 4.39 Å². The van der Waals surface area contributed by atoms with Gasteiger partial charge in [-0.1, -0.05) is 12.1 Å². The van der Waals surface area contributed by atoms with E-state index in [0.717, 1.165) is 17.9 Å². The summed E-state index contributed by atoms with van der Waals surface area (Å²) in [5, 5.41) is 3.21. The van der Waals surface area contributed by atoms with Crippen LogP contribution in [0.2, 0.25) is 0 Å². The smallest absolute Gasteiger partial charge is 0.130 e. The van der Waals surface area contributed by atoms with Crippen LogP contribution in [0.15, 0.2) is 36.7 Å². The highest BCUT2D eigenvalue weighted by atomic mass is 19.1. The Hall–Kier alpha value is -1.68. The highest BCUT2D eigenvalue weighted by molar-refractivity contribution is 5.25. The first-order valence-corrected chi connectivity index (χ1v) is 5.70. The Morgan fingerprint density at radius 2 is 2.06 bits per heavy atom. The molecule has 0 saturated carbocycles. The molecule has 4 heteroatoms. The van der Waals surface area contributed by atoms with Crippen molar-refractivity contribution >= 4 is 0 Å². The molecule has 0 bridgehead atoms. The molecule has 2 rings (SSSR count). The summed E-state index contributed by atoms with van der Waals surface area (Å²) in [6.45, 7) is 2.94. The van der Waals surface area contributed by atoms with Crippen molar-refractivity contribution in [1.29, 1.82) is 0 Å². The van der Waals surface area contributed by atoms with E-state index in [1.165, 1.54) is 12.1 Å². The Labute approximate surface area is 100 Å². The normalized spacial score (nSPS) is 12.6. The van der Waals surface area contributed by atoms with Gasteiger partial charge in [0.2, 0.25) is 0 Å². The van der Waals surface area contributed by atoms with Crippen LogP contribution in [0.3, 0.4) is 0 Å². The fraction of sp³-hybridized carbons (Fsp3) is 0.308. The van der Waals surface area contributed by atoms with E-state index in [0.29, 0.717) is 0 Å². The molecule has 3 nitrogen and oxygen atoms in total. The van der Waals surface area contributed by atoms with E-state index in [4.69, 9.17) is 0 Å². The average Bonchev–Trinajstić information content (AvgIpc) is 2.81. The van der Waals surface area contributed by atoms with Gasteiger partial charge in [0.05, 0.1) is 6.04 Å². The van der Waals surface area contributed by atoms with Gasteiger partial charge in [0.25, 0.3) is 0 Å². The molecule has 0 aliphatic rings. The lowest BCUT2D eigenvalue weighted by Crippen LogP contribution is -2.21. The first kappa shape index (κ1) is 11.8. The molecule has 2 aromatic rings. The second-order valence-corrected chi connectivity index (χ2v) is 3.84. The topological polar surface area (TPSA) is 29.9 Å². The molecule has 0 saturated heterocycles. The summed E-state index contributed by atoms with van der Waals surface area (Å²) < 4.78 is 15.0. The Bertz CT molecular complexity index is 476. The minimum atomic E-state index is -0.220. The number of hydrogen-bond acceptors (Lipinski definition) is 2. The number of imidazole rings is 1. The third-order valence-electron chi connectivity index (χ3n) is 2.84. The van der Waals surface area contributed by atoms with Crippen LogP contribution >= 0.6 is 0 Å². The second kappa shape index (κ2) is 5.10. The monoisotopic (exact) mass is 233 g/mol. The lowest BCUT2D eigenvalue weighted by Gasteiger charge is -2.17. The maximum atomic E-state index is 12.9. The van der Waals surface area contributed by atoms with Gasteiger partial charge in [-0.05, 0) is 31.7 Å². The third-order valence-corrected chi connectivity index (χ3v) is 2.84. The quantitative estimate of drug-likeness (QED) is 0.878. The Balaban J connectivity index is 2.36. The molecular weight excluding hydrogens is 217 g/mol. The van der Waals surface area contributed by atoms with Crippen LogP contribution in [0.5, 0.6) is 0 Å². The first-order chi connectivity index (χ1) is 8.26. The zero-order valence-electron chi connectivity index (χ0n) is 10.0. The van der Waals surface area contributed by atoms with Crippen molar-refractivity contribution in [2.45, 2.75) is 19.5 Å². The highest BCUT2D eigenvalue weighted by Gasteiger charge is 2.16. The molecule has 1 atom stereocenters. The van der Waals surface area contributed by atoms with Crippen molar-refractivity contribution < 1.29 is 4.39 Å². The van der Waals surface area contributed by atoms with Crippen LogP contribution < -0.4 is 5.32 Å². The van der Waals surface area contributed by atoms with Gasteiger partial charge in [-0.15, -0.1) is 0 Å². The third kappa shape index (κ3) is 2.36. The van der Waals surface area contributed by atoms with E-state index < -0.39 is 0 Å². The van der Waals surface area contributed by atoms with Crippen LogP contribution in [-0.4, -0.2) is 16.6 Å². The molecule has 0 aliphatic heterocycles. The van der Waals surface area contributed by atoms with Gasteiger partial charge < -0.3 is 9.88 Å². The molecule has 0 fully saturated rings. The van der Waals surface area contributed by atoms with E-state index in [1.54, 1.807) is 18.3 Å². The summed E-state index contributed by atoms with van der Waals surface area (Å²) in [6, 6.07) is 6.50. The summed E-state index contributed by atoms with van der Waals surface area (Å²) in [5.74, 6) is 0.726. The SMILES string of the molecule is CCn1ccnc1C(NC)c1ccc(F)cc1. The molecule has 1 aromatic heterocycles. The van der Waals surface area contributed by atoms with E-state index in [9.17, 15) is 4.39 Å². The number of hydrogen-bond donors (Lipinski definition) is 1. The van der Waals surface area contributed by atoms with Crippen molar-refractivity contribution in [3.63, 3.8) is 0 Å². The van der Waals surface area contributed by atoms with Crippen molar-refractivity contribution in [3.05, 3.63) is 53.9 Å². The molecule has 1 N–H and O–H groups in total. The van der Waals surface area contributed by atoms with E-state index in [1.807, 2.05) is 13.2 Å². The van der Waals surface area contributed by atoms with Gasteiger partial charge in [0.1, 0.15) is 11.6 Å². The first-order valence-electron chi connectivity index (χ1n) is 5.70. The Morgan fingerprint density at radius 1 is 1.35 bits per heavy atom. The predicted molar refractivity (Wildman–Crippen MR) is 65.2 cm³/mol. The zero-order chi connectivity index (χ0) is 12.3. The fourth-order valence-corrected chi connectivity index (χ4v) is 1.95. The number of nitrogens with zero attached hydrogens (tertiary/aromatic N) is 2. The molecule has 0 spiro atoms. The standard InChI is InChI=1S/C13H16FN3/c1-3-17-9-8-16-13(17)12(15-2)10-4-6-11(14)7-5-10/h4-9,12,15H,3H2,1-2H3. The van der Waals surface area contributed by atoms with E-state index in [-0.39, 0.29) is 11.9 Å². The number of halogens is 1. The van der Waals surface area contributed by atoms with Crippen molar-refractivity contribution in [2.24, 2.45) is 0 Å². The molecule has 0 radical (unpaired) electrons. The molecular formula is C13H16FN3. The lowest BCUT2D eigenvalue weighted by molar-refractivity contribution is 0.586. The Kier molecular flexibility index (Phi) is 3.54. The number of aryl methyl sites for hydroxylation is 1. The van der Waals surface area contributed by atoms with Crippen molar-refractivity contribution in [2.75, 3.05) is 7.05 Å². The van der Waals surface area contributed by atoms with Gasteiger partial charge in [0, 0.05) is 18.9 Å². The lowest BCUT2D eigenvalue weighted by atomic mass is 10.1. The number of benzene rings is 1.